The van der Waals surface area contributed by atoms with Gasteiger partial charge in [-0.25, -0.2) is 4.79 Å². The number of methoxy groups -OCH3 is 1. The molecule has 0 bridgehead atoms. The first kappa shape index (κ1) is 37.1. The highest BCUT2D eigenvalue weighted by Crippen LogP contribution is 2.38. The molecule has 0 saturated heterocycles. The van der Waals surface area contributed by atoms with Crippen molar-refractivity contribution in [1.29, 1.82) is 0 Å². The Labute approximate surface area is 262 Å². The van der Waals surface area contributed by atoms with E-state index in [2.05, 4.69) is 45.0 Å². The van der Waals surface area contributed by atoms with Gasteiger partial charge in [-0.1, -0.05) is 81.4 Å². The van der Waals surface area contributed by atoms with Crippen LogP contribution >= 0.6 is 0 Å². The molecule has 2 aromatic carbocycles. The number of carbonyl (C=O) groups is 3. The smallest absolute Gasteiger partial charge is 0.347 e. The number of rotatable bonds is 19. The number of benzene rings is 2. The highest BCUT2D eigenvalue weighted by molar-refractivity contribution is 6.99. The standard InChI is InChI=1S/C33H48O10Si/c1-26(43-27(2)34)30(35)41-24-33(6,31(36)40-23-22-39-21-20-38-19-18-37-7)25-42-44(32(3,4)5,28-14-10-8-11-15-28)29-16-12-9-13-17-29/h8-17,26H,18-25H2,1-7H3. The van der Waals surface area contributed by atoms with Crippen LogP contribution in [0.15, 0.2) is 60.7 Å². The van der Waals surface area contributed by atoms with Crippen LogP contribution in [0.1, 0.15) is 41.5 Å². The SMILES string of the molecule is COCCOCCOCCOC(=O)C(C)(COC(=O)C(C)OC(C)=O)CO[Si](c1ccccc1)(c1ccccc1)C(C)(C)C. The van der Waals surface area contributed by atoms with Crippen molar-refractivity contribution >= 4 is 36.6 Å². The van der Waals surface area contributed by atoms with Gasteiger partial charge in [-0.05, 0) is 29.3 Å². The van der Waals surface area contributed by atoms with Gasteiger partial charge in [-0.3, -0.25) is 9.59 Å². The Morgan fingerprint density at radius 2 is 1.23 bits per heavy atom. The van der Waals surface area contributed by atoms with Gasteiger partial charge >= 0.3 is 17.9 Å². The molecule has 0 fully saturated rings. The van der Waals surface area contributed by atoms with E-state index in [4.69, 9.17) is 32.8 Å². The molecule has 0 amide bonds. The largest absolute Gasteiger partial charge is 0.463 e. The maximum Gasteiger partial charge on any atom is 0.347 e. The van der Waals surface area contributed by atoms with Gasteiger partial charge in [0.15, 0.2) is 6.10 Å². The summed E-state index contributed by atoms with van der Waals surface area (Å²) >= 11 is 0. The Hall–Kier alpha value is -3.09. The van der Waals surface area contributed by atoms with E-state index in [1.807, 2.05) is 36.4 Å². The Balaban J connectivity index is 2.29. The third-order valence-electron chi connectivity index (χ3n) is 6.99. The topological polar surface area (TPSA) is 116 Å². The summed E-state index contributed by atoms with van der Waals surface area (Å²) in [5, 5.41) is 1.73. The quantitative estimate of drug-likeness (QED) is 0.0989. The number of ether oxygens (including phenoxy) is 6. The monoisotopic (exact) mass is 632 g/mol. The Bertz CT molecular complexity index is 1110. The molecule has 11 heteroatoms. The van der Waals surface area contributed by atoms with Crippen LogP contribution in [0.4, 0.5) is 0 Å². The molecule has 2 atom stereocenters. The molecular formula is C33H48O10Si. The third-order valence-corrected chi connectivity index (χ3v) is 12.0. The summed E-state index contributed by atoms with van der Waals surface area (Å²) in [6, 6.07) is 20.0. The Morgan fingerprint density at radius 3 is 1.70 bits per heavy atom. The van der Waals surface area contributed by atoms with Crippen molar-refractivity contribution in [2.45, 2.75) is 52.7 Å². The first-order valence-electron chi connectivity index (χ1n) is 14.8. The molecule has 0 spiro atoms. The van der Waals surface area contributed by atoms with E-state index in [1.165, 1.54) is 13.8 Å². The lowest BCUT2D eigenvalue weighted by molar-refractivity contribution is -0.174. The molecular weight excluding hydrogens is 584 g/mol. The van der Waals surface area contributed by atoms with Crippen molar-refractivity contribution in [1.82, 2.24) is 0 Å². The maximum atomic E-state index is 13.6. The fourth-order valence-electron chi connectivity index (χ4n) is 4.67. The molecule has 0 saturated carbocycles. The number of hydrogen-bond donors (Lipinski definition) is 0. The van der Waals surface area contributed by atoms with Crippen LogP contribution in [0.25, 0.3) is 0 Å². The van der Waals surface area contributed by atoms with Crippen molar-refractivity contribution in [2.24, 2.45) is 5.41 Å². The van der Waals surface area contributed by atoms with Crippen molar-refractivity contribution in [2.75, 3.05) is 60.0 Å². The van der Waals surface area contributed by atoms with Crippen molar-refractivity contribution in [3.05, 3.63) is 60.7 Å². The predicted molar refractivity (Wildman–Crippen MR) is 168 cm³/mol. The molecule has 0 aliphatic heterocycles. The molecule has 0 aromatic heterocycles. The van der Waals surface area contributed by atoms with Gasteiger partial charge in [-0.15, -0.1) is 0 Å². The molecule has 244 valence electrons. The second kappa shape index (κ2) is 18.0. The van der Waals surface area contributed by atoms with Gasteiger partial charge in [-0.2, -0.15) is 0 Å². The van der Waals surface area contributed by atoms with Crippen LogP contribution in [0, 0.1) is 5.41 Å². The predicted octanol–water partition coefficient (Wildman–Crippen LogP) is 3.29. The molecule has 0 radical (unpaired) electrons. The molecule has 2 aromatic rings. The van der Waals surface area contributed by atoms with Gasteiger partial charge < -0.3 is 32.8 Å². The highest BCUT2D eigenvalue weighted by atomic mass is 28.4. The zero-order valence-corrected chi connectivity index (χ0v) is 28.1. The highest BCUT2D eigenvalue weighted by Gasteiger charge is 2.52. The average molecular weight is 633 g/mol. The van der Waals surface area contributed by atoms with Crippen LogP contribution in [-0.4, -0.2) is 92.3 Å². The second-order valence-corrected chi connectivity index (χ2v) is 16.0. The van der Waals surface area contributed by atoms with Gasteiger partial charge in [0.1, 0.15) is 18.6 Å². The van der Waals surface area contributed by atoms with E-state index in [-0.39, 0.29) is 31.5 Å². The van der Waals surface area contributed by atoms with Gasteiger partial charge in [0.05, 0.1) is 39.6 Å². The van der Waals surface area contributed by atoms with E-state index in [0.717, 1.165) is 10.4 Å². The summed E-state index contributed by atoms with van der Waals surface area (Å²) in [7, 11) is -1.43. The van der Waals surface area contributed by atoms with Crippen molar-refractivity contribution in [3.8, 4) is 0 Å². The zero-order valence-electron chi connectivity index (χ0n) is 27.1. The molecule has 0 aliphatic carbocycles. The first-order valence-corrected chi connectivity index (χ1v) is 16.7. The normalized spacial score (nSPS) is 13.9. The molecule has 44 heavy (non-hydrogen) atoms. The summed E-state index contributed by atoms with van der Waals surface area (Å²) in [6.45, 7) is 12.0. The minimum Gasteiger partial charge on any atom is -0.463 e. The van der Waals surface area contributed by atoms with Crippen LogP contribution in [0.3, 0.4) is 0 Å². The van der Waals surface area contributed by atoms with E-state index in [0.29, 0.717) is 26.4 Å². The number of esters is 3. The molecule has 2 unspecified atom stereocenters. The van der Waals surface area contributed by atoms with E-state index < -0.39 is 37.7 Å². The zero-order chi connectivity index (χ0) is 32.6. The summed E-state index contributed by atoms with van der Waals surface area (Å²) in [5.41, 5.74) is -1.39. The van der Waals surface area contributed by atoms with Gasteiger partial charge in [0.25, 0.3) is 8.32 Å². The Kier molecular flexibility index (Phi) is 15.2. The van der Waals surface area contributed by atoms with E-state index in [1.54, 1.807) is 14.0 Å². The van der Waals surface area contributed by atoms with E-state index in [9.17, 15) is 14.4 Å². The number of hydrogen-bond acceptors (Lipinski definition) is 10. The average Bonchev–Trinajstić information content (AvgIpc) is 2.99. The molecule has 0 heterocycles. The summed E-state index contributed by atoms with van der Waals surface area (Å²) in [4.78, 5) is 37.6. The minimum absolute atomic E-state index is 0.0104. The maximum absolute atomic E-state index is 13.6. The Morgan fingerprint density at radius 1 is 0.727 bits per heavy atom. The van der Waals surface area contributed by atoms with Gasteiger partial charge in [0.2, 0.25) is 0 Å². The van der Waals surface area contributed by atoms with Crippen LogP contribution in [-0.2, 0) is 47.2 Å². The summed E-state index contributed by atoms with van der Waals surface area (Å²) < 4.78 is 38.9. The fourth-order valence-corrected chi connectivity index (χ4v) is 9.36. The summed E-state index contributed by atoms with van der Waals surface area (Å²) in [5.74, 6) is -2.00. The lowest BCUT2D eigenvalue weighted by Crippen LogP contribution is -2.67. The van der Waals surface area contributed by atoms with E-state index >= 15 is 0 Å². The minimum atomic E-state index is -3.03. The lowest BCUT2D eigenvalue weighted by atomic mass is 9.93. The molecule has 2 rings (SSSR count). The molecule has 0 N–H and O–H groups in total. The summed E-state index contributed by atoms with van der Waals surface area (Å²) in [6.07, 6.45) is -1.13. The van der Waals surface area contributed by atoms with Gasteiger partial charge in [0, 0.05) is 14.0 Å². The fraction of sp³-hybridized carbons (Fsp3) is 0.545. The first-order chi connectivity index (χ1) is 20.9. The van der Waals surface area contributed by atoms with Crippen LogP contribution < -0.4 is 10.4 Å². The number of carbonyl (C=O) groups excluding carboxylic acids is 3. The van der Waals surface area contributed by atoms with Crippen LogP contribution in [0.5, 0.6) is 0 Å². The van der Waals surface area contributed by atoms with Crippen molar-refractivity contribution in [3.63, 3.8) is 0 Å². The third kappa shape index (κ3) is 10.8. The molecule has 0 aliphatic rings. The van der Waals surface area contributed by atoms with Crippen molar-refractivity contribution < 1.29 is 47.2 Å². The lowest BCUT2D eigenvalue weighted by Gasteiger charge is -2.44. The second-order valence-electron chi connectivity index (χ2n) is 11.7. The molecule has 10 nitrogen and oxygen atoms in total. The van der Waals surface area contributed by atoms with Crippen LogP contribution in [0.2, 0.25) is 5.04 Å².